The normalized spacial score (nSPS) is 21.7. The zero-order valence-corrected chi connectivity index (χ0v) is 13.5. The van der Waals surface area contributed by atoms with Gasteiger partial charge in [-0.1, -0.05) is 25.1 Å². The number of carbonyl (C=O) groups is 2. The first kappa shape index (κ1) is 15.1. The molecule has 4 heteroatoms. The van der Waals surface area contributed by atoms with Crippen LogP contribution in [-0.4, -0.2) is 36.3 Å². The third kappa shape index (κ3) is 2.62. The number of hydrogen-bond donors (Lipinski definition) is 0. The summed E-state index contributed by atoms with van der Waals surface area (Å²) in [5.74, 6) is 0.0800. The summed E-state index contributed by atoms with van der Waals surface area (Å²) in [6, 6.07) is 6.15. The fourth-order valence-corrected chi connectivity index (χ4v) is 3.68. The van der Waals surface area contributed by atoms with Crippen molar-refractivity contribution >= 4 is 17.5 Å². The van der Waals surface area contributed by atoms with E-state index in [0.29, 0.717) is 13.0 Å². The zero-order valence-electron chi connectivity index (χ0n) is 13.5. The summed E-state index contributed by atoms with van der Waals surface area (Å²) in [6.07, 6.45) is 3.43. The van der Waals surface area contributed by atoms with E-state index in [1.54, 1.807) is 0 Å². The second-order valence-electron chi connectivity index (χ2n) is 6.37. The minimum Gasteiger partial charge on any atom is -0.342 e. The van der Waals surface area contributed by atoms with Crippen molar-refractivity contribution in [1.29, 1.82) is 0 Å². The number of carbonyl (C=O) groups excluding carboxylic acids is 2. The van der Waals surface area contributed by atoms with Crippen molar-refractivity contribution in [3.8, 4) is 0 Å². The summed E-state index contributed by atoms with van der Waals surface area (Å²) in [6.45, 7) is 6.39. The van der Waals surface area contributed by atoms with Crippen molar-refractivity contribution in [2.45, 2.75) is 39.5 Å². The molecule has 2 fully saturated rings. The topological polar surface area (TPSA) is 40.6 Å². The number of para-hydroxylation sites is 1. The van der Waals surface area contributed by atoms with E-state index in [2.05, 4.69) is 13.0 Å². The van der Waals surface area contributed by atoms with Crippen LogP contribution in [0.5, 0.6) is 0 Å². The molecule has 0 aliphatic carbocycles. The van der Waals surface area contributed by atoms with Crippen molar-refractivity contribution in [3.63, 3.8) is 0 Å². The SMILES string of the molecule is CCc1cccc(C)c1N1CC(C(=O)N2CCCC2)CC1=O. The molecule has 2 heterocycles. The number of hydrogen-bond acceptors (Lipinski definition) is 2. The number of likely N-dealkylation sites (tertiary alicyclic amines) is 1. The average molecular weight is 300 g/mol. The molecule has 0 saturated carbocycles. The van der Waals surface area contributed by atoms with E-state index in [9.17, 15) is 9.59 Å². The van der Waals surface area contributed by atoms with Crippen molar-refractivity contribution in [2.24, 2.45) is 5.92 Å². The maximum Gasteiger partial charge on any atom is 0.228 e. The molecule has 2 saturated heterocycles. The van der Waals surface area contributed by atoms with Crippen LogP contribution in [0.2, 0.25) is 0 Å². The summed E-state index contributed by atoms with van der Waals surface area (Å²) < 4.78 is 0. The molecular weight excluding hydrogens is 276 g/mol. The number of anilines is 1. The Morgan fingerprint density at radius 2 is 2.00 bits per heavy atom. The molecule has 3 rings (SSSR count). The van der Waals surface area contributed by atoms with Gasteiger partial charge in [-0.15, -0.1) is 0 Å². The third-order valence-corrected chi connectivity index (χ3v) is 4.86. The van der Waals surface area contributed by atoms with Gasteiger partial charge in [-0.3, -0.25) is 9.59 Å². The minimum atomic E-state index is -0.171. The Bertz CT molecular complexity index is 591. The van der Waals surface area contributed by atoms with Crippen LogP contribution in [0.1, 0.15) is 37.3 Å². The highest BCUT2D eigenvalue weighted by molar-refractivity contribution is 6.01. The fraction of sp³-hybridized carbons (Fsp3) is 0.556. The molecule has 2 aliphatic heterocycles. The average Bonchev–Trinajstić information content (AvgIpc) is 3.16. The summed E-state index contributed by atoms with van der Waals surface area (Å²) in [7, 11) is 0. The minimum absolute atomic E-state index is 0.0848. The van der Waals surface area contributed by atoms with E-state index >= 15 is 0 Å². The third-order valence-electron chi connectivity index (χ3n) is 4.86. The number of aryl methyl sites for hydroxylation is 2. The van der Waals surface area contributed by atoms with E-state index < -0.39 is 0 Å². The van der Waals surface area contributed by atoms with E-state index in [1.165, 1.54) is 5.56 Å². The van der Waals surface area contributed by atoms with Crippen LogP contribution in [0, 0.1) is 12.8 Å². The fourth-order valence-electron chi connectivity index (χ4n) is 3.68. The Morgan fingerprint density at radius 1 is 1.27 bits per heavy atom. The van der Waals surface area contributed by atoms with Crippen LogP contribution in [0.25, 0.3) is 0 Å². The van der Waals surface area contributed by atoms with Gasteiger partial charge in [0.2, 0.25) is 11.8 Å². The second kappa shape index (κ2) is 6.11. The highest BCUT2D eigenvalue weighted by Gasteiger charge is 2.38. The van der Waals surface area contributed by atoms with Crippen LogP contribution in [0.3, 0.4) is 0 Å². The Labute approximate surface area is 132 Å². The summed E-state index contributed by atoms with van der Waals surface area (Å²) in [5, 5.41) is 0. The van der Waals surface area contributed by atoms with Gasteiger partial charge in [-0.05, 0) is 37.3 Å². The maximum atomic E-state index is 12.6. The number of amides is 2. The lowest BCUT2D eigenvalue weighted by Gasteiger charge is -2.23. The van der Waals surface area contributed by atoms with Crippen LogP contribution < -0.4 is 4.90 Å². The highest BCUT2D eigenvalue weighted by atomic mass is 16.2. The first-order valence-corrected chi connectivity index (χ1v) is 8.29. The van der Waals surface area contributed by atoms with Crippen LogP contribution >= 0.6 is 0 Å². The quantitative estimate of drug-likeness (QED) is 0.860. The predicted octanol–water partition coefficient (Wildman–Crippen LogP) is 2.53. The smallest absolute Gasteiger partial charge is 0.228 e. The molecule has 1 unspecified atom stereocenters. The van der Waals surface area contributed by atoms with Gasteiger partial charge in [0.15, 0.2) is 0 Å². The molecule has 0 bridgehead atoms. The zero-order chi connectivity index (χ0) is 15.7. The molecule has 0 radical (unpaired) electrons. The number of rotatable bonds is 3. The molecule has 1 aromatic carbocycles. The molecule has 118 valence electrons. The van der Waals surface area contributed by atoms with Crippen molar-refractivity contribution in [2.75, 3.05) is 24.5 Å². The monoisotopic (exact) mass is 300 g/mol. The van der Waals surface area contributed by atoms with Crippen molar-refractivity contribution in [3.05, 3.63) is 29.3 Å². The van der Waals surface area contributed by atoms with E-state index in [0.717, 1.165) is 43.6 Å². The van der Waals surface area contributed by atoms with Gasteiger partial charge in [-0.25, -0.2) is 0 Å². The van der Waals surface area contributed by atoms with Crippen LogP contribution in [0.4, 0.5) is 5.69 Å². The van der Waals surface area contributed by atoms with Crippen molar-refractivity contribution < 1.29 is 9.59 Å². The lowest BCUT2D eigenvalue weighted by molar-refractivity contribution is -0.134. The van der Waals surface area contributed by atoms with Gasteiger partial charge in [0, 0.05) is 31.7 Å². The van der Waals surface area contributed by atoms with Gasteiger partial charge >= 0.3 is 0 Å². The Morgan fingerprint density at radius 3 is 2.68 bits per heavy atom. The summed E-state index contributed by atoms with van der Waals surface area (Å²) >= 11 is 0. The molecule has 1 aromatic rings. The van der Waals surface area contributed by atoms with Gasteiger partial charge in [0.1, 0.15) is 0 Å². The number of nitrogens with zero attached hydrogens (tertiary/aromatic N) is 2. The molecule has 4 nitrogen and oxygen atoms in total. The Balaban J connectivity index is 1.82. The molecule has 0 aromatic heterocycles. The molecule has 2 amide bonds. The second-order valence-corrected chi connectivity index (χ2v) is 6.37. The lowest BCUT2D eigenvalue weighted by atomic mass is 10.0. The molecule has 1 atom stereocenters. The predicted molar refractivity (Wildman–Crippen MR) is 86.8 cm³/mol. The van der Waals surface area contributed by atoms with Crippen molar-refractivity contribution in [1.82, 2.24) is 4.90 Å². The van der Waals surface area contributed by atoms with E-state index in [-0.39, 0.29) is 17.7 Å². The highest BCUT2D eigenvalue weighted by Crippen LogP contribution is 2.32. The standard InChI is InChI=1S/C18H24N2O2/c1-3-14-8-6-7-13(2)17(14)20-12-15(11-16(20)21)18(22)19-9-4-5-10-19/h6-8,15H,3-5,9-12H2,1-2H3. The summed E-state index contributed by atoms with van der Waals surface area (Å²) in [5.41, 5.74) is 3.32. The Kier molecular flexibility index (Phi) is 4.19. The Hall–Kier alpha value is -1.84. The van der Waals surface area contributed by atoms with Gasteiger partial charge in [0.05, 0.1) is 5.92 Å². The largest absolute Gasteiger partial charge is 0.342 e. The van der Waals surface area contributed by atoms with E-state index in [4.69, 9.17) is 0 Å². The number of benzene rings is 1. The van der Waals surface area contributed by atoms with Gasteiger partial charge in [-0.2, -0.15) is 0 Å². The van der Waals surface area contributed by atoms with E-state index in [1.807, 2.05) is 28.9 Å². The van der Waals surface area contributed by atoms with Crippen LogP contribution in [0.15, 0.2) is 18.2 Å². The first-order chi connectivity index (χ1) is 10.6. The first-order valence-electron chi connectivity index (χ1n) is 8.29. The lowest BCUT2D eigenvalue weighted by Crippen LogP contribution is -2.35. The molecule has 0 spiro atoms. The molecular formula is C18H24N2O2. The molecule has 2 aliphatic rings. The van der Waals surface area contributed by atoms with Crippen LogP contribution in [-0.2, 0) is 16.0 Å². The maximum absolute atomic E-state index is 12.6. The summed E-state index contributed by atoms with van der Waals surface area (Å²) in [4.78, 5) is 28.8. The molecule has 0 N–H and O–H groups in total. The molecule has 22 heavy (non-hydrogen) atoms. The van der Waals surface area contributed by atoms with Gasteiger partial charge < -0.3 is 9.80 Å². The van der Waals surface area contributed by atoms with Gasteiger partial charge in [0.25, 0.3) is 0 Å².